The Hall–Kier alpha value is -0.630. The van der Waals surface area contributed by atoms with Crippen LogP contribution in [0.3, 0.4) is 0 Å². The minimum Gasteiger partial charge on any atom is -0.371 e. The van der Waals surface area contributed by atoms with E-state index < -0.39 is 0 Å². The molecule has 0 N–H and O–H groups in total. The number of hydrogen-bond donors (Lipinski definition) is 0. The largest absolute Gasteiger partial charge is 0.371 e. The lowest BCUT2D eigenvalue weighted by Gasteiger charge is -2.17. The Morgan fingerprint density at radius 1 is 1.64 bits per heavy atom. The molecular formula is C9H12O2. The molecule has 1 atom stereocenters. The number of fused-ring (bicyclic) bond motifs is 1. The SMILES string of the molecule is CC1(C)OCC2CC(=O)C=C21. The van der Waals surface area contributed by atoms with Crippen LogP contribution in [0, 0.1) is 5.92 Å². The smallest absolute Gasteiger partial charge is 0.156 e. The van der Waals surface area contributed by atoms with E-state index in [2.05, 4.69) is 0 Å². The fourth-order valence-corrected chi connectivity index (χ4v) is 1.91. The van der Waals surface area contributed by atoms with Gasteiger partial charge in [-0.15, -0.1) is 0 Å². The van der Waals surface area contributed by atoms with Gasteiger partial charge < -0.3 is 4.74 Å². The summed E-state index contributed by atoms with van der Waals surface area (Å²) in [4.78, 5) is 11.0. The van der Waals surface area contributed by atoms with E-state index in [1.807, 2.05) is 13.8 Å². The number of carbonyl (C=O) groups excluding carboxylic acids is 1. The first-order valence-electron chi connectivity index (χ1n) is 3.98. The first-order valence-corrected chi connectivity index (χ1v) is 3.98. The van der Waals surface area contributed by atoms with Gasteiger partial charge in [0, 0.05) is 12.3 Å². The molecule has 1 unspecified atom stereocenters. The Morgan fingerprint density at radius 3 is 3.00 bits per heavy atom. The number of ketones is 1. The molecule has 1 fully saturated rings. The summed E-state index contributed by atoms with van der Waals surface area (Å²) in [6, 6.07) is 0. The van der Waals surface area contributed by atoms with Crippen molar-refractivity contribution in [2.45, 2.75) is 25.9 Å². The summed E-state index contributed by atoms with van der Waals surface area (Å²) in [6.45, 7) is 4.78. The molecule has 2 rings (SSSR count). The Bertz CT molecular complexity index is 238. The van der Waals surface area contributed by atoms with E-state index in [4.69, 9.17) is 4.74 Å². The van der Waals surface area contributed by atoms with Crippen LogP contribution in [-0.4, -0.2) is 18.0 Å². The third kappa shape index (κ3) is 0.932. The molecule has 0 spiro atoms. The maximum absolute atomic E-state index is 11.0. The van der Waals surface area contributed by atoms with Crippen molar-refractivity contribution >= 4 is 5.78 Å². The highest BCUT2D eigenvalue weighted by Gasteiger charge is 2.41. The molecule has 0 aromatic heterocycles. The van der Waals surface area contributed by atoms with Gasteiger partial charge in [-0.05, 0) is 25.5 Å². The van der Waals surface area contributed by atoms with Gasteiger partial charge in [-0.2, -0.15) is 0 Å². The van der Waals surface area contributed by atoms with Crippen molar-refractivity contribution in [1.29, 1.82) is 0 Å². The molecule has 0 saturated carbocycles. The van der Waals surface area contributed by atoms with Crippen LogP contribution < -0.4 is 0 Å². The molecule has 0 bridgehead atoms. The number of ether oxygens (including phenoxy) is 1. The average molecular weight is 152 g/mol. The summed E-state index contributed by atoms with van der Waals surface area (Å²) in [5.41, 5.74) is 1.01. The minimum absolute atomic E-state index is 0.184. The Kier molecular flexibility index (Phi) is 1.25. The molecule has 1 saturated heterocycles. The van der Waals surface area contributed by atoms with Crippen LogP contribution in [0.1, 0.15) is 20.3 Å². The van der Waals surface area contributed by atoms with Gasteiger partial charge in [0.15, 0.2) is 5.78 Å². The second-order valence-electron chi connectivity index (χ2n) is 3.79. The lowest BCUT2D eigenvalue weighted by atomic mass is 9.93. The minimum atomic E-state index is -0.184. The van der Waals surface area contributed by atoms with Gasteiger partial charge in [0.25, 0.3) is 0 Å². The zero-order valence-electron chi connectivity index (χ0n) is 6.89. The molecule has 1 heterocycles. The first-order chi connectivity index (χ1) is 5.09. The molecule has 0 amide bonds. The number of carbonyl (C=O) groups is 1. The second-order valence-corrected chi connectivity index (χ2v) is 3.79. The van der Waals surface area contributed by atoms with E-state index in [0.29, 0.717) is 12.3 Å². The summed E-state index contributed by atoms with van der Waals surface area (Å²) >= 11 is 0. The van der Waals surface area contributed by atoms with Crippen LogP contribution >= 0.6 is 0 Å². The maximum atomic E-state index is 11.0. The van der Waals surface area contributed by atoms with E-state index >= 15 is 0 Å². The summed E-state index contributed by atoms with van der Waals surface area (Å²) in [5, 5.41) is 0. The molecule has 2 aliphatic rings. The highest BCUT2D eigenvalue weighted by Crippen LogP contribution is 2.40. The summed E-state index contributed by atoms with van der Waals surface area (Å²) in [5.74, 6) is 0.652. The maximum Gasteiger partial charge on any atom is 0.156 e. The molecule has 11 heavy (non-hydrogen) atoms. The predicted molar refractivity (Wildman–Crippen MR) is 41.2 cm³/mol. The Balaban J connectivity index is 2.36. The molecule has 1 aliphatic heterocycles. The Morgan fingerprint density at radius 2 is 2.36 bits per heavy atom. The number of allylic oxidation sites excluding steroid dienone is 1. The molecule has 0 radical (unpaired) electrons. The van der Waals surface area contributed by atoms with E-state index in [9.17, 15) is 4.79 Å². The van der Waals surface area contributed by atoms with Crippen molar-refractivity contribution in [3.63, 3.8) is 0 Å². The average Bonchev–Trinajstić information content (AvgIpc) is 2.35. The zero-order chi connectivity index (χ0) is 8.06. The molecular weight excluding hydrogens is 140 g/mol. The topological polar surface area (TPSA) is 26.3 Å². The standard InChI is InChI=1S/C9H12O2/c1-9(2)8-4-7(10)3-6(8)5-11-9/h4,6H,3,5H2,1-2H3. The molecule has 2 heteroatoms. The third-order valence-corrected chi connectivity index (χ3v) is 2.54. The molecule has 0 aromatic rings. The lowest BCUT2D eigenvalue weighted by molar-refractivity contribution is -0.114. The fraction of sp³-hybridized carbons (Fsp3) is 0.667. The summed E-state index contributed by atoms with van der Waals surface area (Å²) < 4.78 is 5.54. The fourth-order valence-electron chi connectivity index (χ4n) is 1.91. The van der Waals surface area contributed by atoms with Crippen LogP contribution in [0.15, 0.2) is 11.6 Å². The van der Waals surface area contributed by atoms with Crippen LogP contribution in [0.25, 0.3) is 0 Å². The van der Waals surface area contributed by atoms with Gasteiger partial charge in [0.1, 0.15) is 0 Å². The first kappa shape index (κ1) is 7.04. The summed E-state index contributed by atoms with van der Waals surface area (Å²) in [6.07, 6.45) is 2.43. The normalized spacial score (nSPS) is 33.8. The zero-order valence-corrected chi connectivity index (χ0v) is 6.89. The highest BCUT2D eigenvalue weighted by atomic mass is 16.5. The molecule has 0 aromatic carbocycles. The van der Waals surface area contributed by atoms with Gasteiger partial charge in [-0.25, -0.2) is 0 Å². The van der Waals surface area contributed by atoms with E-state index in [-0.39, 0.29) is 11.4 Å². The summed E-state index contributed by atoms with van der Waals surface area (Å²) in [7, 11) is 0. The van der Waals surface area contributed by atoms with Crippen molar-refractivity contribution in [1.82, 2.24) is 0 Å². The third-order valence-electron chi connectivity index (χ3n) is 2.54. The predicted octanol–water partition coefficient (Wildman–Crippen LogP) is 1.31. The van der Waals surface area contributed by atoms with Crippen LogP contribution in [0.4, 0.5) is 0 Å². The van der Waals surface area contributed by atoms with Gasteiger partial charge in [0.2, 0.25) is 0 Å². The molecule has 60 valence electrons. The van der Waals surface area contributed by atoms with Gasteiger partial charge in [0.05, 0.1) is 12.2 Å². The number of hydrogen-bond acceptors (Lipinski definition) is 2. The van der Waals surface area contributed by atoms with Crippen molar-refractivity contribution in [2.75, 3.05) is 6.61 Å². The number of rotatable bonds is 0. The van der Waals surface area contributed by atoms with Gasteiger partial charge >= 0.3 is 0 Å². The Labute approximate surface area is 66.2 Å². The van der Waals surface area contributed by atoms with Crippen LogP contribution in [-0.2, 0) is 9.53 Å². The molecule has 2 nitrogen and oxygen atoms in total. The van der Waals surface area contributed by atoms with Gasteiger partial charge in [-0.1, -0.05) is 0 Å². The lowest BCUT2D eigenvalue weighted by Crippen LogP contribution is -2.19. The monoisotopic (exact) mass is 152 g/mol. The quantitative estimate of drug-likeness (QED) is 0.523. The second kappa shape index (κ2) is 1.95. The van der Waals surface area contributed by atoms with Crippen molar-refractivity contribution in [3.8, 4) is 0 Å². The van der Waals surface area contributed by atoms with E-state index in [0.717, 1.165) is 6.61 Å². The van der Waals surface area contributed by atoms with Crippen molar-refractivity contribution in [2.24, 2.45) is 5.92 Å². The van der Waals surface area contributed by atoms with Crippen LogP contribution in [0.2, 0.25) is 0 Å². The van der Waals surface area contributed by atoms with Crippen molar-refractivity contribution < 1.29 is 9.53 Å². The highest BCUT2D eigenvalue weighted by molar-refractivity contribution is 5.94. The van der Waals surface area contributed by atoms with E-state index in [1.54, 1.807) is 6.08 Å². The van der Waals surface area contributed by atoms with Crippen LogP contribution in [0.5, 0.6) is 0 Å². The molecule has 1 aliphatic carbocycles. The van der Waals surface area contributed by atoms with Gasteiger partial charge in [-0.3, -0.25) is 4.79 Å². The van der Waals surface area contributed by atoms with E-state index in [1.165, 1.54) is 5.57 Å². The van der Waals surface area contributed by atoms with Crippen molar-refractivity contribution in [3.05, 3.63) is 11.6 Å².